The third-order valence-electron chi connectivity index (χ3n) is 3.16. The summed E-state index contributed by atoms with van der Waals surface area (Å²) in [5.74, 6) is 0.894. The SMILES string of the molecule is CCCOc1ccc(-c2nc3sccn3c2CN)cc1. The van der Waals surface area contributed by atoms with Crippen LogP contribution in [0.1, 0.15) is 19.0 Å². The predicted octanol–water partition coefficient (Wildman–Crippen LogP) is 3.31. The van der Waals surface area contributed by atoms with Crippen LogP contribution in [0.3, 0.4) is 0 Å². The molecule has 0 saturated heterocycles. The first-order chi connectivity index (χ1) is 9.83. The lowest BCUT2D eigenvalue weighted by atomic mass is 10.1. The predicted molar refractivity (Wildman–Crippen MR) is 82.2 cm³/mol. The molecule has 0 aliphatic carbocycles. The maximum absolute atomic E-state index is 5.87. The Hall–Kier alpha value is -1.85. The lowest BCUT2D eigenvalue weighted by Crippen LogP contribution is -2.01. The molecule has 2 aromatic heterocycles. The van der Waals surface area contributed by atoms with Gasteiger partial charge >= 0.3 is 0 Å². The highest BCUT2D eigenvalue weighted by molar-refractivity contribution is 7.15. The van der Waals surface area contributed by atoms with Gasteiger partial charge in [-0.05, 0) is 30.7 Å². The molecular formula is C15H17N3OS. The molecule has 104 valence electrons. The summed E-state index contributed by atoms with van der Waals surface area (Å²) in [7, 11) is 0. The van der Waals surface area contributed by atoms with Crippen LogP contribution in [-0.4, -0.2) is 16.0 Å². The van der Waals surface area contributed by atoms with Crippen molar-refractivity contribution in [2.24, 2.45) is 5.73 Å². The molecule has 4 nitrogen and oxygen atoms in total. The van der Waals surface area contributed by atoms with Gasteiger partial charge in [0.2, 0.25) is 0 Å². The normalized spacial score (nSPS) is 11.1. The van der Waals surface area contributed by atoms with Gasteiger partial charge in [-0.1, -0.05) is 6.92 Å². The van der Waals surface area contributed by atoms with Crippen molar-refractivity contribution in [1.82, 2.24) is 9.38 Å². The number of nitrogens with two attached hydrogens (primary N) is 1. The second-order valence-electron chi connectivity index (χ2n) is 4.54. The van der Waals surface area contributed by atoms with Gasteiger partial charge in [-0.25, -0.2) is 4.98 Å². The molecule has 3 rings (SSSR count). The Bertz CT molecular complexity index is 700. The van der Waals surface area contributed by atoms with Crippen molar-refractivity contribution < 1.29 is 4.74 Å². The number of ether oxygens (including phenoxy) is 1. The number of aromatic nitrogens is 2. The van der Waals surface area contributed by atoms with E-state index in [-0.39, 0.29) is 0 Å². The number of hydrogen-bond donors (Lipinski definition) is 1. The zero-order valence-electron chi connectivity index (χ0n) is 11.4. The van der Waals surface area contributed by atoms with E-state index in [1.165, 1.54) is 0 Å². The minimum atomic E-state index is 0.474. The van der Waals surface area contributed by atoms with Crippen LogP contribution in [0.15, 0.2) is 35.8 Å². The summed E-state index contributed by atoms with van der Waals surface area (Å²) in [5, 5.41) is 2.02. The molecular weight excluding hydrogens is 270 g/mol. The summed E-state index contributed by atoms with van der Waals surface area (Å²) in [6.45, 7) is 3.31. The topological polar surface area (TPSA) is 52.5 Å². The van der Waals surface area contributed by atoms with E-state index >= 15 is 0 Å². The first kappa shape index (κ1) is 13.1. The zero-order chi connectivity index (χ0) is 13.9. The Kier molecular flexibility index (Phi) is 3.71. The number of thiazole rings is 1. The Morgan fingerprint density at radius 2 is 2.10 bits per heavy atom. The second kappa shape index (κ2) is 5.64. The molecule has 0 amide bonds. The van der Waals surface area contributed by atoms with Gasteiger partial charge in [0.1, 0.15) is 5.75 Å². The molecule has 0 aliphatic rings. The maximum Gasteiger partial charge on any atom is 0.194 e. The lowest BCUT2D eigenvalue weighted by molar-refractivity contribution is 0.317. The molecule has 2 heterocycles. The van der Waals surface area contributed by atoms with Crippen LogP contribution in [0.25, 0.3) is 16.2 Å². The van der Waals surface area contributed by atoms with Crippen molar-refractivity contribution in [3.63, 3.8) is 0 Å². The fourth-order valence-corrected chi connectivity index (χ4v) is 2.92. The smallest absolute Gasteiger partial charge is 0.194 e. The van der Waals surface area contributed by atoms with Gasteiger partial charge in [0.05, 0.1) is 18.0 Å². The molecule has 0 aliphatic heterocycles. The first-order valence-corrected chi connectivity index (χ1v) is 7.59. The van der Waals surface area contributed by atoms with Gasteiger partial charge in [-0.2, -0.15) is 0 Å². The quantitative estimate of drug-likeness (QED) is 0.783. The minimum absolute atomic E-state index is 0.474. The molecule has 20 heavy (non-hydrogen) atoms. The Morgan fingerprint density at radius 3 is 2.80 bits per heavy atom. The van der Waals surface area contributed by atoms with E-state index in [1.807, 2.05) is 35.8 Å². The van der Waals surface area contributed by atoms with Crippen LogP contribution < -0.4 is 10.5 Å². The summed E-state index contributed by atoms with van der Waals surface area (Å²) in [6, 6.07) is 8.05. The van der Waals surface area contributed by atoms with Gasteiger partial charge in [-0.3, -0.25) is 4.40 Å². The summed E-state index contributed by atoms with van der Waals surface area (Å²) in [5.41, 5.74) is 8.95. The van der Waals surface area contributed by atoms with Crippen molar-refractivity contribution in [2.45, 2.75) is 19.9 Å². The van der Waals surface area contributed by atoms with Crippen molar-refractivity contribution >= 4 is 16.3 Å². The van der Waals surface area contributed by atoms with Crippen molar-refractivity contribution in [3.05, 3.63) is 41.5 Å². The average molecular weight is 287 g/mol. The lowest BCUT2D eigenvalue weighted by Gasteiger charge is -2.06. The van der Waals surface area contributed by atoms with Crippen LogP contribution in [-0.2, 0) is 6.54 Å². The van der Waals surface area contributed by atoms with E-state index in [1.54, 1.807) is 11.3 Å². The Balaban J connectivity index is 1.95. The molecule has 0 spiro atoms. The molecule has 0 saturated carbocycles. The second-order valence-corrected chi connectivity index (χ2v) is 5.41. The molecule has 0 bridgehead atoms. The molecule has 0 radical (unpaired) electrons. The van der Waals surface area contributed by atoms with E-state index in [0.29, 0.717) is 6.54 Å². The third-order valence-corrected chi connectivity index (χ3v) is 3.91. The van der Waals surface area contributed by atoms with Gasteiger partial charge in [-0.15, -0.1) is 11.3 Å². The Labute approximate surface area is 121 Å². The van der Waals surface area contributed by atoms with Crippen LogP contribution in [0.5, 0.6) is 5.75 Å². The highest BCUT2D eigenvalue weighted by atomic mass is 32.1. The Morgan fingerprint density at radius 1 is 1.30 bits per heavy atom. The van der Waals surface area contributed by atoms with E-state index < -0.39 is 0 Å². The van der Waals surface area contributed by atoms with Crippen LogP contribution in [0, 0.1) is 0 Å². The standard InChI is InChI=1S/C15H17N3OS/c1-2-8-19-12-5-3-11(4-6-12)14-13(10-16)18-7-9-20-15(18)17-14/h3-7,9H,2,8,10,16H2,1H3. The summed E-state index contributed by atoms with van der Waals surface area (Å²) >= 11 is 1.62. The molecule has 0 unspecified atom stereocenters. The van der Waals surface area contributed by atoms with Gasteiger partial charge < -0.3 is 10.5 Å². The van der Waals surface area contributed by atoms with Crippen molar-refractivity contribution in [2.75, 3.05) is 6.61 Å². The van der Waals surface area contributed by atoms with E-state index in [4.69, 9.17) is 10.5 Å². The average Bonchev–Trinajstić information content (AvgIpc) is 3.05. The van der Waals surface area contributed by atoms with E-state index in [2.05, 4.69) is 16.3 Å². The summed E-state index contributed by atoms with van der Waals surface area (Å²) in [4.78, 5) is 5.64. The minimum Gasteiger partial charge on any atom is -0.494 e. The molecule has 1 aromatic carbocycles. The number of hydrogen-bond acceptors (Lipinski definition) is 4. The fourth-order valence-electron chi connectivity index (χ4n) is 2.19. The summed E-state index contributed by atoms with van der Waals surface area (Å²) < 4.78 is 7.66. The van der Waals surface area contributed by atoms with Crippen LogP contribution in [0.2, 0.25) is 0 Å². The first-order valence-electron chi connectivity index (χ1n) is 6.71. The van der Waals surface area contributed by atoms with Crippen LogP contribution in [0.4, 0.5) is 0 Å². The van der Waals surface area contributed by atoms with Crippen molar-refractivity contribution in [1.29, 1.82) is 0 Å². The fraction of sp³-hybridized carbons (Fsp3) is 0.267. The monoisotopic (exact) mass is 287 g/mol. The zero-order valence-corrected chi connectivity index (χ0v) is 12.2. The number of nitrogens with zero attached hydrogens (tertiary/aromatic N) is 2. The molecule has 5 heteroatoms. The molecule has 3 aromatic rings. The highest BCUT2D eigenvalue weighted by Crippen LogP contribution is 2.27. The van der Waals surface area contributed by atoms with Gasteiger partial charge in [0.25, 0.3) is 0 Å². The molecule has 0 fully saturated rings. The third kappa shape index (κ3) is 2.30. The molecule has 0 atom stereocenters. The number of fused-ring (bicyclic) bond motifs is 1. The van der Waals surface area contributed by atoms with Crippen LogP contribution >= 0.6 is 11.3 Å². The number of imidazole rings is 1. The van der Waals surface area contributed by atoms with E-state index in [9.17, 15) is 0 Å². The van der Waals surface area contributed by atoms with Gasteiger partial charge in [0, 0.05) is 23.7 Å². The maximum atomic E-state index is 5.87. The van der Waals surface area contributed by atoms with Crippen molar-refractivity contribution in [3.8, 4) is 17.0 Å². The molecule has 2 N–H and O–H groups in total. The number of rotatable bonds is 5. The summed E-state index contributed by atoms with van der Waals surface area (Å²) in [6.07, 6.45) is 3.02. The highest BCUT2D eigenvalue weighted by Gasteiger charge is 2.13. The van der Waals surface area contributed by atoms with E-state index in [0.717, 1.165) is 40.7 Å². The largest absolute Gasteiger partial charge is 0.494 e. The number of benzene rings is 1. The van der Waals surface area contributed by atoms with Gasteiger partial charge in [0.15, 0.2) is 4.96 Å².